The fourth-order valence-corrected chi connectivity index (χ4v) is 4.23. The zero-order valence-electron chi connectivity index (χ0n) is 17.4. The number of amides is 4. The monoisotopic (exact) mass is 462 g/mol. The molecule has 3 atom stereocenters. The van der Waals surface area contributed by atoms with Crippen LogP contribution in [0.15, 0.2) is 0 Å². The highest BCUT2D eigenvalue weighted by Crippen LogP contribution is 2.54. The molecule has 2 aliphatic heterocycles. The Morgan fingerprint density at radius 3 is 2.50 bits per heavy atom. The van der Waals surface area contributed by atoms with Crippen LogP contribution in [-0.4, -0.2) is 79.5 Å². The first-order valence-corrected chi connectivity index (χ1v) is 10.3. The molecule has 0 aromatic heterocycles. The van der Waals surface area contributed by atoms with Gasteiger partial charge in [0.05, 0.1) is 6.04 Å². The number of Topliss-reactive ketones (excluding diaryl/α,β-unsaturated/α-hetero) is 1. The van der Waals surface area contributed by atoms with E-state index in [2.05, 4.69) is 20.7 Å². The van der Waals surface area contributed by atoms with Crippen LogP contribution < -0.4 is 16.0 Å². The predicted molar refractivity (Wildman–Crippen MR) is 101 cm³/mol. The van der Waals surface area contributed by atoms with Gasteiger partial charge in [-0.2, -0.15) is 0 Å². The Kier molecular flexibility index (Phi) is 6.77. The Morgan fingerprint density at radius 2 is 1.97 bits per heavy atom. The fourth-order valence-electron chi connectivity index (χ4n) is 4.23. The summed E-state index contributed by atoms with van der Waals surface area (Å²) in [5, 5.41) is 7.18. The SMILES string of the molecule is CNC(=O)C(=O)N1CC2(CC2)C[C@H]1C(=O)N[C@@H](C[C@@H]1CCNC1=O)C(=O)COC(F)(F)F. The highest BCUT2D eigenvalue weighted by atomic mass is 19.4. The van der Waals surface area contributed by atoms with Crippen LogP contribution in [0.4, 0.5) is 13.2 Å². The number of carbonyl (C=O) groups excluding carboxylic acids is 5. The van der Waals surface area contributed by atoms with Crippen molar-refractivity contribution < 1.29 is 41.9 Å². The second-order valence-corrected chi connectivity index (χ2v) is 8.51. The molecule has 4 amide bonds. The third-order valence-corrected chi connectivity index (χ3v) is 6.22. The Morgan fingerprint density at radius 1 is 1.28 bits per heavy atom. The van der Waals surface area contributed by atoms with Crippen LogP contribution in [0.2, 0.25) is 0 Å². The summed E-state index contributed by atoms with van der Waals surface area (Å²) >= 11 is 0. The fraction of sp³-hybridized carbons (Fsp3) is 0.737. The normalized spacial score (nSPS) is 24.8. The third kappa shape index (κ3) is 5.56. The molecule has 3 N–H and O–H groups in total. The highest BCUT2D eigenvalue weighted by Gasteiger charge is 2.56. The smallest absolute Gasteiger partial charge is 0.356 e. The number of ether oxygens (including phenoxy) is 1. The van der Waals surface area contributed by atoms with E-state index in [1.165, 1.54) is 7.05 Å². The molecule has 0 radical (unpaired) electrons. The predicted octanol–water partition coefficient (Wildman–Crippen LogP) is -0.770. The zero-order chi connectivity index (χ0) is 23.7. The van der Waals surface area contributed by atoms with Crippen LogP contribution in [0, 0.1) is 11.3 Å². The number of hydrogen-bond donors (Lipinski definition) is 3. The van der Waals surface area contributed by atoms with Gasteiger partial charge in [0.15, 0.2) is 5.78 Å². The standard InChI is InChI=1S/C19H25F3N4O6/c1-23-16(30)17(31)26-9-18(3-4-18)7-12(26)15(29)25-11(6-10-2-5-24-14(10)28)13(27)8-32-19(20,21)22/h10-12H,2-9H2,1H3,(H,23,30)(H,24,28)(H,25,29)/t10-,11-,12-/m0/s1. The molecule has 13 heteroatoms. The average molecular weight is 462 g/mol. The van der Waals surface area contributed by atoms with Gasteiger partial charge >= 0.3 is 18.2 Å². The van der Waals surface area contributed by atoms with Crippen molar-refractivity contribution >= 4 is 29.4 Å². The molecule has 3 fully saturated rings. The van der Waals surface area contributed by atoms with Crippen LogP contribution in [0.5, 0.6) is 0 Å². The van der Waals surface area contributed by atoms with Crippen molar-refractivity contribution in [2.45, 2.75) is 50.6 Å². The van der Waals surface area contributed by atoms with Gasteiger partial charge in [-0.15, -0.1) is 13.2 Å². The lowest BCUT2D eigenvalue weighted by Crippen LogP contribution is -2.54. The molecule has 1 saturated carbocycles. The summed E-state index contributed by atoms with van der Waals surface area (Å²) in [6.07, 6.45) is -3.02. The van der Waals surface area contributed by atoms with Gasteiger partial charge in [-0.05, 0) is 37.5 Å². The van der Waals surface area contributed by atoms with Crippen LogP contribution in [-0.2, 0) is 28.7 Å². The number of ketones is 1. The highest BCUT2D eigenvalue weighted by molar-refractivity contribution is 6.35. The molecule has 1 spiro atoms. The van der Waals surface area contributed by atoms with Crippen molar-refractivity contribution in [1.29, 1.82) is 0 Å². The molecule has 10 nitrogen and oxygen atoms in total. The van der Waals surface area contributed by atoms with Crippen molar-refractivity contribution in [3.8, 4) is 0 Å². The van der Waals surface area contributed by atoms with Gasteiger partial charge < -0.3 is 20.9 Å². The lowest BCUT2D eigenvalue weighted by atomic mass is 9.95. The van der Waals surface area contributed by atoms with Gasteiger partial charge in [-0.25, -0.2) is 0 Å². The summed E-state index contributed by atoms with van der Waals surface area (Å²) in [6, 6.07) is -2.45. The topological polar surface area (TPSA) is 134 Å². The molecular formula is C19H25F3N4O6. The minimum atomic E-state index is -5.03. The maximum atomic E-state index is 13.0. The van der Waals surface area contributed by atoms with E-state index in [4.69, 9.17) is 0 Å². The molecular weight excluding hydrogens is 437 g/mol. The second kappa shape index (κ2) is 9.04. The first-order valence-electron chi connectivity index (χ1n) is 10.3. The van der Waals surface area contributed by atoms with Crippen molar-refractivity contribution in [3.05, 3.63) is 0 Å². The van der Waals surface area contributed by atoms with E-state index < -0.39 is 54.5 Å². The van der Waals surface area contributed by atoms with Crippen molar-refractivity contribution in [1.82, 2.24) is 20.9 Å². The lowest BCUT2D eigenvalue weighted by molar-refractivity contribution is -0.321. The molecule has 2 saturated heterocycles. The number of alkyl halides is 3. The Labute approximate surface area is 181 Å². The Balaban J connectivity index is 1.73. The van der Waals surface area contributed by atoms with E-state index in [1.54, 1.807) is 0 Å². The number of likely N-dealkylation sites (N-methyl/N-ethyl adjacent to an activating group) is 1. The molecule has 3 aliphatic rings. The quantitative estimate of drug-likeness (QED) is 0.426. The summed E-state index contributed by atoms with van der Waals surface area (Å²) < 4.78 is 40.8. The summed E-state index contributed by atoms with van der Waals surface area (Å²) in [6.45, 7) is -0.757. The third-order valence-electron chi connectivity index (χ3n) is 6.22. The minimum absolute atomic E-state index is 0.196. The summed E-state index contributed by atoms with van der Waals surface area (Å²) in [4.78, 5) is 62.7. The van der Waals surface area contributed by atoms with Gasteiger partial charge in [0, 0.05) is 26.1 Å². The zero-order valence-corrected chi connectivity index (χ0v) is 17.4. The summed E-state index contributed by atoms with van der Waals surface area (Å²) in [7, 11) is 1.28. The van der Waals surface area contributed by atoms with Crippen LogP contribution in [0.25, 0.3) is 0 Å². The van der Waals surface area contributed by atoms with Crippen molar-refractivity contribution in [3.63, 3.8) is 0 Å². The second-order valence-electron chi connectivity index (χ2n) is 8.51. The van der Waals surface area contributed by atoms with Gasteiger partial charge in [-0.1, -0.05) is 0 Å². The van der Waals surface area contributed by atoms with E-state index in [9.17, 15) is 37.1 Å². The minimum Gasteiger partial charge on any atom is -0.356 e. The maximum Gasteiger partial charge on any atom is 0.522 e. The maximum absolute atomic E-state index is 13.0. The summed E-state index contributed by atoms with van der Waals surface area (Å²) in [5.74, 6) is -4.60. The van der Waals surface area contributed by atoms with Crippen molar-refractivity contribution in [2.24, 2.45) is 11.3 Å². The molecule has 0 aromatic rings. The first-order chi connectivity index (χ1) is 14.9. The molecule has 0 unspecified atom stereocenters. The van der Waals surface area contributed by atoms with E-state index in [-0.39, 0.29) is 30.7 Å². The molecule has 32 heavy (non-hydrogen) atoms. The number of carbonyl (C=O) groups is 5. The van der Waals surface area contributed by atoms with E-state index >= 15 is 0 Å². The van der Waals surface area contributed by atoms with E-state index in [0.29, 0.717) is 13.0 Å². The first kappa shape index (κ1) is 24.0. The largest absolute Gasteiger partial charge is 0.522 e. The van der Waals surface area contributed by atoms with Crippen LogP contribution in [0.1, 0.15) is 32.1 Å². The summed E-state index contributed by atoms with van der Waals surface area (Å²) in [5.41, 5.74) is -0.268. The van der Waals surface area contributed by atoms with Gasteiger partial charge in [0.1, 0.15) is 12.6 Å². The average Bonchev–Trinajstić information content (AvgIpc) is 3.19. The molecule has 3 rings (SSSR count). The number of halogens is 3. The van der Waals surface area contributed by atoms with Gasteiger partial charge in [-0.3, -0.25) is 28.7 Å². The Bertz CT molecular complexity index is 813. The molecule has 0 aromatic carbocycles. The molecule has 2 heterocycles. The van der Waals surface area contributed by atoms with E-state index in [1.807, 2.05) is 0 Å². The number of nitrogens with one attached hydrogen (secondary N) is 3. The number of nitrogens with zero attached hydrogens (tertiary/aromatic N) is 1. The number of likely N-dealkylation sites (tertiary alicyclic amines) is 1. The van der Waals surface area contributed by atoms with Gasteiger partial charge in [0.25, 0.3) is 0 Å². The molecule has 178 valence electrons. The van der Waals surface area contributed by atoms with Gasteiger partial charge in [0.2, 0.25) is 11.8 Å². The number of hydrogen-bond acceptors (Lipinski definition) is 6. The van der Waals surface area contributed by atoms with Crippen LogP contribution >= 0.6 is 0 Å². The van der Waals surface area contributed by atoms with Crippen molar-refractivity contribution in [2.75, 3.05) is 26.7 Å². The lowest BCUT2D eigenvalue weighted by Gasteiger charge is -2.26. The van der Waals surface area contributed by atoms with Crippen LogP contribution in [0.3, 0.4) is 0 Å². The Hall–Kier alpha value is -2.70. The van der Waals surface area contributed by atoms with E-state index in [0.717, 1.165) is 17.7 Å². The molecule has 1 aliphatic carbocycles. The number of rotatable bonds is 7. The molecule has 0 bridgehead atoms.